The minimum absolute atomic E-state index is 0.192. The standard InChI is InChI=1S/C14H12ClF3N4O4/c1-6-20-21-13(25-6)19-12(24)8-4-5-9(26-14(16,17)18)11(10(8)15)22(3)7(2)23/h4-5H,1-3H3,(H,19,21,24). The third-order valence-electron chi connectivity index (χ3n) is 3.10. The second kappa shape index (κ2) is 7.20. The van der Waals surface area contributed by atoms with Crippen molar-refractivity contribution in [2.45, 2.75) is 20.2 Å². The molecule has 1 aromatic heterocycles. The number of aryl methyl sites for hydroxylation is 1. The number of hydrogen-bond acceptors (Lipinski definition) is 6. The van der Waals surface area contributed by atoms with Crippen LogP contribution >= 0.6 is 11.6 Å². The van der Waals surface area contributed by atoms with Crippen molar-refractivity contribution in [2.24, 2.45) is 0 Å². The number of carbonyl (C=O) groups is 2. The number of amides is 2. The van der Waals surface area contributed by atoms with Gasteiger partial charge in [-0.05, 0) is 12.1 Å². The molecule has 0 spiro atoms. The topological polar surface area (TPSA) is 97.6 Å². The Bertz CT molecular complexity index is 853. The number of halogens is 4. The van der Waals surface area contributed by atoms with E-state index in [1.54, 1.807) is 0 Å². The molecule has 140 valence electrons. The molecule has 0 bridgehead atoms. The molecule has 0 unspecified atom stereocenters. The highest BCUT2D eigenvalue weighted by atomic mass is 35.5. The Morgan fingerprint density at radius 3 is 2.46 bits per heavy atom. The van der Waals surface area contributed by atoms with Crippen molar-refractivity contribution < 1.29 is 31.9 Å². The van der Waals surface area contributed by atoms with Crippen LogP contribution in [0.4, 0.5) is 24.9 Å². The van der Waals surface area contributed by atoms with Gasteiger partial charge in [0.15, 0.2) is 5.75 Å². The molecule has 2 amide bonds. The van der Waals surface area contributed by atoms with E-state index in [0.717, 1.165) is 24.0 Å². The van der Waals surface area contributed by atoms with Gasteiger partial charge in [0.2, 0.25) is 11.8 Å². The van der Waals surface area contributed by atoms with E-state index in [-0.39, 0.29) is 17.5 Å². The van der Waals surface area contributed by atoms with E-state index >= 15 is 0 Å². The predicted octanol–water partition coefficient (Wildman–Crippen LogP) is 3.17. The zero-order valence-corrected chi connectivity index (χ0v) is 14.4. The Hall–Kier alpha value is -2.82. The van der Waals surface area contributed by atoms with E-state index < -0.39 is 34.6 Å². The van der Waals surface area contributed by atoms with Gasteiger partial charge in [-0.2, -0.15) is 0 Å². The predicted molar refractivity (Wildman–Crippen MR) is 84.2 cm³/mol. The highest BCUT2D eigenvalue weighted by Gasteiger charge is 2.34. The third-order valence-corrected chi connectivity index (χ3v) is 3.49. The summed E-state index contributed by atoms with van der Waals surface area (Å²) in [4.78, 5) is 24.7. The summed E-state index contributed by atoms with van der Waals surface area (Å²) in [5.74, 6) is -1.98. The molecular weight excluding hydrogens is 381 g/mol. The van der Waals surface area contributed by atoms with Gasteiger partial charge >= 0.3 is 12.4 Å². The van der Waals surface area contributed by atoms with Crippen LogP contribution in [0.25, 0.3) is 0 Å². The maximum absolute atomic E-state index is 12.6. The lowest BCUT2D eigenvalue weighted by atomic mass is 10.1. The summed E-state index contributed by atoms with van der Waals surface area (Å²) in [5, 5.41) is 8.91. The number of alkyl halides is 3. The molecular formula is C14H12ClF3N4O4. The zero-order chi connectivity index (χ0) is 19.6. The molecule has 1 aromatic carbocycles. The maximum atomic E-state index is 12.6. The first-order valence-corrected chi connectivity index (χ1v) is 7.31. The molecule has 2 rings (SSSR count). The Kier molecular flexibility index (Phi) is 5.40. The molecule has 0 saturated heterocycles. The fraction of sp³-hybridized carbons (Fsp3) is 0.286. The first-order chi connectivity index (χ1) is 12.0. The molecule has 2 aromatic rings. The number of carbonyl (C=O) groups excluding carboxylic acids is 2. The molecule has 0 aliphatic rings. The number of aromatic nitrogens is 2. The minimum Gasteiger partial charge on any atom is -0.408 e. The van der Waals surface area contributed by atoms with Crippen LogP contribution in [-0.2, 0) is 4.79 Å². The number of benzene rings is 1. The van der Waals surface area contributed by atoms with Crippen LogP contribution in [0.5, 0.6) is 5.75 Å². The van der Waals surface area contributed by atoms with Gasteiger partial charge in [0, 0.05) is 20.9 Å². The molecule has 0 fully saturated rings. The van der Waals surface area contributed by atoms with Gasteiger partial charge in [-0.15, -0.1) is 18.3 Å². The minimum atomic E-state index is -5.01. The summed E-state index contributed by atoms with van der Waals surface area (Å²) in [6.45, 7) is 2.61. The summed E-state index contributed by atoms with van der Waals surface area (Å²) in [7, 11) is 1.19. The molecule has 0 radical (unpaired) electrons. The van der Waals surface area contributed by atoms with Crippen molar-refractivity contribution >= 4 is 35.1 Å². The highest BCUT2D eigenvalue weighted by molar-refractivity contribution is 6.37. The smallest absolute Gasteiger partial charge is 0.408 e. The van der Waals surface area contributed by atoms with Crippen molar-refractivity contribution in [2.75, 3.05) is 17.3 Å². The van der Waals surface area contributed by atoms with E-state index in [1.807, 2.05) is 0 Å². The van der Waals surface area contributed by atoms with Crippen LogP contribution in [0.2, 0.25) is 5.02 Å². The fourth-order valence-electron chi connectivity index (χ4n) is 1.91. The van der Waals surface area contributed by atoms with Crippen LogP contribution in [0, 0.1) is 6.92 Å². The van der Waals surface area contributed by atoms with E-state index in [0.29, 0.717) is 0 Å². The number of ether oxygens (including phenoxy) is 1. The molecule has 1 heterocycles. The first-order valence-electron chi connectivity index (χ1n) is 6.93. The van der Waals surface area contributed by atoms with Gasteiger partial charge < -0.3 is 14.1 Å². The van der Waals surface area contributed by atoms with Crippen LogP contribution in [0.1, 0.15) is 23.2 Å². The van der Waals surface area contributed by atoms with Gasteiger partial charge in [0.05, 0.1) is 10.6 Å². The number of rotatable bonds is 4. The summed E-state index contributed by atoms with van der Waals surface area (Å²) in [6.07, 6.45) is -5.01. The second-order valence-electron chi connectivity index (χ2n) is 4.98. The summed E-state index contributed by atoms with van der Waals surface area (Å²) >= 11 is 6.08. The van der Waals surface area contributed by atoms with Crippen LogP contribution in [0.15, 0.2) is 16.5 Å². The van der Waals surface area contributed by atoms with E-state index in [2.05, 4.69) is 20.3 Å². The molecule has 0 aliphatic carbocycles. The van der Waals surface area contributed by atoms with Crippen molar-refractivity contribution in [1.82, 2.24) is 10.2 Å². The average Bonchev–Trinajstić information content (AvgIpc) is 2.90. The Morgan fingerprint density at radius 2 is 1.96 bits per heavy atom. The van der Waals surface area contributed by atoms with Crippen molar-refractivity contribution in [3.05, 3.63) is 28.6 Å². The van der Waals surface area contributed by atoms with Gasteiger partial charge in [-0.25, -0.2) is 0 Å². The molecule has 8 nitrogen and oxygen atoms in total. The molecule has 12 heteroatoms. The lowest BCUT2D eigenvalue weighted by molar-refractivity contribution is -0.274. The lowest BCUT2D eigenvalue weighted by Crippen LogP contribution is -2.27. The number of anilines is 2. The Morgan fingerprint density at radius 1 is 1.31 bits per heavy atom. The molecule has 0 aliphatic heterocycles. The number of nitrogens with one attached hydrogen (secondary N) is 1. The van der Waals surface area contributed by atoms with Gasteiger partial charge in [-0.1, -0.05) is 16.7 Å². The summed E-state index contributed by atoms with van der Waals surface area (Å²) in [5.41, 5.74) is -0.633. The van der Waals surface area contributed by atoms with E-state index in [1.165, 1.54) is 14.0 Å². The van der Waals surface area contributed by atoms with E-state index in [9.17, 15) is 22.8 Å². The second-order valence-corrected chi connectivity index (χ2v) is 5.36. The van der Waals surface area contributed by atoms with Gasteiger partial charge in [0.25, 0.3) is 5.91 Å². The van der Waals surface area contributed by atoms with Crippen molar-refractivity contribution in [3.8, 4) is 5.75 Å². The monoisotopic (exact) mass is 392 g/mol. The van der Waals surface area contributed by atoms with Gasteiger partial charge in [0.1, 0.15) is 5.69 Å². The SMILES string of the molecule is CC(=O)N(C)c1c(OC(F)(F)F)ccc(C(=O)Nc2nnc(C)o2)c1Cl. The quantitative estimate of drug-likeness (QED) is 0.858. The number of hydrogen-bond donors (Lipinski definition) is 1. The van der Waals surface area contributed by atoms with Crippen molar-refractivity contribution in [3.63, 3.8) is 0 Å². The molecule has 0 atom stereocenters. The van der Waals surface area contributed by atoms with Crippen LogP contribution < -0.4 is 15.0 Å². The zero-order valence-electron chi connectivity index (χ0n) is 13.6. The molecule has 1 N–H and O–H groups in total. The Labute approximate surface area is 149 Å². The maximum Gasteiger partial charge on any atom is 0.573 e. The average molecular weight is 393 g/mol. The number of nitrogens with zero attached hydrogens (tertiary/aromatic N) is 3. The van der Waals surface area contributed by atoms with Crippen molar-refractivity contribution in [1.29, 1.82) is 0 Å². The normalized spacial score (nSPS) is 11.2. The van der Waals surface area contributed by atoms with Crippen LogP contribution in [-0.4, -0.2) is 35.4 Å². The van der Waals surface area contributed by atoms with Gasteiger partial charge in [-0.3, -0.25) is 14.9 Å². The first kappa shape index (κ1) is 19.5. The Balaban J connectivity index is 2.46. The largest absolute Gasteiger partial charge is 0.573 e. The molecule has 26 heavy (non-hydrogen) atoms. The fourth-order valence-corrected chi connectivity index (χ4v) is 2.28. The highest BCUT2D eigenvalue weighted by Crippen LogP contribution is 2.40. The van der Waals surface area contributed by atoms with E-state index in [4.69, 9.17) is 16.0 Å². The summed E-state index contributed by atoms with van der Waals surface area (Å²) in [6, 6.07) is 1.67. The third kappa shape index (κ3) is 4.42. The summed E-state index contributed by atoms with van der Waals surface area (Å²) < 4.78 is 46.6. The van der Waals surface area contributed by atoms with Crippen LogP contribution in [0.3, 0.4) is 0 Å². The lowest BCUT2D eigenvalue weighted by Gasteiger charge is -2.22. The molecule has 0 saturated carbocycles.